The molecule has 6 nitrogen and oxygen atoms in total. The number of nitrogens with one attached hydrogen (secondary N) is 2. The third-order valence-electron chi connectivity index (χ3n) is 4.07. The van der Waals surface area contributed by atoms with Crippen molar-refractivity contribution in [1.29, 1.82) is 0 Å². The van der Waals surface area contributed by atoms with Gasteiger partial charge in [0.05, 0.1) is 17.8 Å². The molecule has 0 bridgehead atoms. The van der Waals surface area contributed by atoms with Crippen LogP contribution in [-0.4, -0.2) is 34.5 Å². The molecule has 134 valence electrons. The molecule has 0 saturated carbocycles. The predicted molar refractivity (Wildman–Crippen MR) is 97.5 cm³/mol. The first-order valence-electron chi connectivity index (χ1n) is 8.64. The fraction of sp³-hybridized carbons (Fsp3) is 0.421. The van der Waals surface area contributed by atoms with Crippen molar-refractivity contribution in [3.63, 3.8) is 0 Å². The third-order valence-corrected chi connectivity index (χ3v) is 4.07. The summed E-state index contributed by atoms with van der Waals surface area (Å²) >= 11 is 0. The van der Waals surface area contributed by atoms with Crippen LogP contribution in [0.25, 0.3) is 0 Å². The minimum atomic E-state index is -0.149. The molecule has 0 atom stereocenters. The molecule has 25 heavy (non-hydrogen) atoms. The molecule has 0 spiro atoms. The molecule has 0 fully saturated rings. The van der Waals surface area contributed by atoms with Crippen molar-refractivity contribution < 1.29 is 9.59 Å². The van der Waals surface area contributed by atoms with Crippen LogP contribution >= 0.6 is 0 Å². The van der Waals surface area contributed by atoms with Crippen molar-refractivity contribution in [2.45, 2.75) is 40.2 Å². The average Bonchev–Trinajstić information content (AvgIpc) is 2.89. The number of amides is 2. The maximum absolute atomic E-state index is 12.4. The van der Waals surface area contributed by atoms with Crippen molar-refractivity contribution in [3.05, 3.63) is 53.1 Å². The second-order valence-corrected chi connectivity index (χ2v) is 6.05. The van der Waals surface area contributed by atoms with Crippen LogP contribution in [0, 0.1) is 13.8 Å². The molecule has 0 aromatic carbocycles. The van der Waals surface area contributed by atoms with Crippen LogP contribution in [0.15, 0.2) is 30.5 Å². The van der Waals surface area contributed by atoms with E-state index in [-0.39, 0.29) is 11.8 Å². The van der Waals surface area contributed by atoms with E-state index in [9.17, 15) is 9.59 Å². The van der Waals surface area contributed by atoms with Gasteiger partial charge in [0.15, 0.2) is 0 Å². The number of nitrogens with zero attached hydrogens (tertiary/aromatic N) is 2. The SMILES string of the molecule is CCCNC(=O)CCNC(=O)c1cc(C)n(Cc2ccccn2)c1C. The summed E-state index contributed by atoms with van der Waals surface area (Å²) in [6.07, 6.45) is 2.96. The summed E-state index contributed by atoms with van der Waals surface area (Å²) in [6, 6.07) is 7.68. The lowest BCUT2D eigenvalue weighted by Crippen LogP contribution is -2.31. The fourth-order valence-corrected chi connectivity index (χ4v) is 2.67. The van der Waals surface area contributed by atoms with E-state index in [4.69, 9.17) is 0 Å². The van der Waals surface area contributed by atoms with Gasteiger partial charge in [-0.2, -0.15) is 0 Å². The van der Waals surface area contributed by atoms with Gasteiger partial charge in [0, 0.05) is 37.1 Å². The molecule has 0 unspecified atom stereocenters. The highest BCUT2D eigenvalue weighted by Crippen LogP contribution is 2.16. The maximum atomic E-state index is 12.4. The number of hydrogen-bond acceptors (Lipinski definition) is 3. The number of rotatable bonds is 8. The van der Waals surface area contributed by atoms with Crippen molar-refractivity contribution in [2.24, 2.45) is 0 Å². The standard InChI is InChI=1S/C19H26N4O2/c1-4-9-21-18(24)8-11-22-19(25)17-12-14(2)23(15(17)3)13-16-7-5-6-10-20-16/h5-7,10,12H,4,8-9,11,13H2,1-3H3,(H,21,24)(H,22,25). The van der Waals surface area contributed by atoms with E-state index in [0.717, 1.165) is 23.5 Å². The Kier molecular flexibility index (Phi) is 6.74. The van der Waals surface area contributed by atoms with Crippen LogP contribution < -0.4 is 10.6 Å². The van der Waals surface area contributed by atoms with Gasteiger partial charge >= 0.3 is 0 Å². The molecule has 2 heterocycles. The first kappa shape index (κ1) is 18.7. The van der Waals surface area contributed by atoms with Gasteiger partial charge in [-0.05, 0) is 38.5 Å². The van der Waals surface area contributed by atoms with Crippen molar-refractivity contribution in [2.75, 3.05) is 13.1 Å². The summed E-state index contributed by atoms with van der Waals surface area (Å²) < 4.78 is 2.07. The molecule has 2 aromatic rings. The first-order valence-corrected chi connectivity index (χ1v) is 8.64. The van der Waals surface area contributed by atoms with Gasteiger partial charge in [-0.15, -0.1) is 0 Å². The third kappa shape index (κ3) is 5.17. The molecule has 0 aliphatic heterocycles. The second-order valence-electron chi connectivity index (χ2n) is 6.05. The minimum absolute atomic E-state index is 0.0391. The number of pyridine rings is 1. The van der Waals surface area contributed by atoms with Gasteiger partial charge in [-0.1, -0.05) is 13.0 Å². The van der Waals surface area contributed by atoms with Gasteiger partial charge in [-0.25, -0.2) is 0 Å². The highest BCUT2D eigenvalue weighted by Gasteiger charge is 2.16. The number of carbonyl (C=O) groups is 2. The van der Waals surface area contributed by atoms with E-state index in [1.54, 1.807) is 6.20 Å². The Balaban J connectivity index is 1.96. The summed E-state index contributed by atoms with van der Waals surface area (Å²) in [5.41, 5.74) is 3.50. The molecule has 2 amide bonds. The zero-order valence-corrected chi connectivity index (χ0v) is 15.1. The van der Waals surface area contributed by atoms with E-state index in [0.29, 0.717) is 31.6 Å². The fourth-order valence-electron chi connectivity index (χ4n) is 2.67. The summed E-state index contributed by atoms with van der Waals surface area (Å²) in [5, 5.41) is 5.62. The summed E-state index contributed by atoms with van der Waals surface area (Å²) in [4.78, 5) is 28.3. The molecule has 0 aliphatic carbocycles. The van der Waals surface area contributed by atoms with E-state index in [1.807, 2.05) is 45.0 Å². The molecular formula is C19H26N4O2. The molecule has 2 N–H and O–H groups in total. The molecular weight excluding hydrogens is 316 g/mol. The van der Waals surface area contributed by atoms with Crippen molar-refractivity contribution in [3.8, 4) is 0 Å². The molecule has 2 rings (SSSR count). The first-order chi connectivity index (χ1) is 12.0. The van der Waals surface area contributed by atoms with Crippen LogP contribution in [0.1, 0.15) is 47.2 Å². The van der Waals surface area contributed by atoms with Crippen molar-refractivity contribution in [1.82, 2.24) is 20.2 Å². The quantitative estimate of drug-likeness (QED) is 0.772. The van der Waals surface area contributed by atoms with Gasteiger partial charge in [0.25, 0.3) is 5.91 Å². The number of hydrogen-bond donors (Lipinski definition) is 2. The lowest BCUT2D eigenvalue weighted by atomic mass is 10.2. The number of aryl methyl sites for hydroxylation is 1. The summed E-state index contributed by atoms with van der Waals surface area (Å²) in [7, 11) is 0. The molecule has 0 aliphatic rings. The normalized spacial score (nSPS) is 10.5. The average molecular weight is 342 g/mol. The van der Waals surface area contributed by atoms with Crippen LogP contribution in [0.2, 0.25) is 0 Å². The van der Waals surface area contributed by atoms with Crippen LogP contribution in [-0.2, 0) is 11.3 Å². The van der Waals surface area contributed by atoms with E-state index in [2.05, 4.69) is 20.2 Å². The van der Waals surface area contributed by atoms with Crippen LogP contribution in [0.5, 0.6) is 0 Å². The van der Waals surface area contributed by atoms with E-state index < -0.39 is 0 Å². The highest BCUT2D eigenvalue weighted by atomic mass is 16.2. The van der Waals surface area contributed by atoms with Crippen molar-refractivity contribution >= 4 is 11.8 Å². The molecule has 6 heteroatoms. The van der Waals surface area contributed by atoms with Gasteiger partial charge in [0.1, 0.15) is 0 Å². The molecule has 2 aromatic heterocycles. The molecule has 0 saturated heterocycles. The Bertz CT molecular complexity index is 723. The Hall–Kier alpha value is -2.63. The Morgan fingerprint density at radius 3 is 2.64 bits per heavy atom. The zero-order chi connectivity index (χ0) is 18.2. The summed E-state index contributed by atoms with van der Waals surface area (Å²) in [6.45, 7) is 7.54. The van der Waals surface area contributed by atoms with Gasteiger partial charge in [0.2, 0.25) is 5.91 Å². The highest BCUT2D eigenvalue weighted by molar-refractivity contribution is 5.95. The lowest BCUT2D eigenvalue weighted by molar-refractivity contribution is -0.120. The Labute approximate surface area is 148 Å². The largest absolute Gasteiger partial charge is 0.356 e. The number of carbonyl (C=O) groups excluding carboxylic acids is 2. The summed E-state index contributed by atoms with van der Waals surface area (Å²) in [5.74, 6) is -0.188. The topological polar surface area (TPSA) is 76.0 Å². The number of aromatic nitrogens is 2. The van der Waals surface area contributed by atoms with Gasteiger partial charge < -0.3 is 15.2 Å². The Morgan fingerprint density at radius 1 is 1.16 bits per heavy atom. The van der Waals surface area contributed by atoms with E-state index in [1.165, 1.54) is 0 Å². The van der Waals surface area contributed by atoms with Crippen LogP contribution in [0.3, 0.4) is 0 Å². The monoisotopic (exact) mass is 342 g/mol. The second kappa shape index (κ2) is 9.01. The smallest absolute Gasteiger partial charge is 0.253 e. The van der Waals surface area contributed by atoms with Gasteiger partial charge in [-0.3, -0.25) is 14.6 Å². The zero-order valence-electron chi connectivity index (χ0n) is 15.1. The van der Waals surface area contributed by atoms with Crippen LogP contribution in [0.4, 0.5) is 0 Å². The van der Waals surface area contributed by atoms with E-state index >= 15 is 0 Å². The minimum Gasteiger partial charge on any atom is -0.356 e. The molecule has 0 radical (unpaired) electrons. The maximum Gasteiger partial charge on any atom is 0.253 e. The Morgan fingerprint density at radius 2 is 1.96 bits per heavy atom. The predicted octanol–water partition coefficient (Wildman–Crippen LogP) is 2.19. The lowest BCUT2D eigenvalue weighted by Gasteiger charge is -2.10.